The summed E-state index contributed by atoms with van der Waals surface area (Å²) in [6.45, 7) is 14.1. The Morgan fingerprint density at radius 2 is 2.11 bits per heavy atom. The standard InChI is InChI=1S/C13H22N4O/c1-7-8-17(9(2)3)11(18)10-14-12(16-15-10)13(4,5)6/h7,9H,1,8H2,2-6H3,(H,14,15,16). The van der Waals surface area contributed by atoms with Crippen LogP contribution in [0.25, 0.3) is 0 Å². The molecule has 0 aromatic carbocycles. The van der Waals surface area contributed by atoms with E-state index in [4.69, 9.17) is 0 Å². The van der Waals surface area contributed by atoms with Crippen molar-refractivity contribution in [2.45, 2.75) is 46.1 Å². The maximum Gasteiger partial charge on any atom is 0.294 e. The molecule has 18 heavy (non-hydrogen) atoms. The summed E-state index contributed by atoms with van der Waals surface area (Å²) in [5.41, 5.74) is -0.146. The van der Waals surface area contributed by atoms with Crippen molar-refractivity contribution >= 4 is 5.91 Å². The van der Waals surface area contributed by atoms with Crippen molar-refractivity contribution in [2.24, 2.45) is 0 Å². The highest BCUT2D eigenvalue weighted by atomic mass is 16.2. The number of rotatable bonds is 4. The van der Waals surface area contributed by atoms with Gasteiger partial charge in [-0.15, -0.1) is 11.7 Å². The van der Waals surface area contributed by atoms with Gasteiger partial charge in [0.05, 0.1) is 0 Å². The predicted octanol–water partition coefficient (Wildman–Crippen LogP) is 2.14. The molecule has 1 N–H and O–H groups in total. The SMILES string of the molecule is C=CCN(C(=O)c1n[nH]c(C(C)(C)C)n1)C(C)C. The highest BCUT2D eigenvalue weighted by Crippen LogP contribution is 2.17. The Labute approximate surface area is 108 Å². The number of nitrogens with zero attached hydrogens (tertiary/aromatic N) is 3. The zero-order chi connectivity index (χ0) is 13.9. The van der Waals surface area contributed by atoms with Crippen LogP contribution in [-0.4, -0.2) is 38.6 Å². The first kappa shape index (κ1) is 14.4. The Kier molecular flexibility index (Phi) is 4.27. The second-order valence-corrected chi connectivity index (χ2v) is 5.60. The van der Waals surface area contributed by atoms with Gasteiger partial charge in [0.25, 0.3) is 5.91 Å². The molecule has 1 amide bonds. The zero-order valence-corrected chi connectivity index (χ0v) is 11.8. The zero-order valence-electron chi connectivity index (χ0n) is 11.8. The third-order valence-electron chi connectivity index (χ3n) is 2.60. The van der Waals surface area contributed by atoms with Gasteiger partial charge in [0.1, 0.15) is 5.82 Å². The number of nitrogens with one attached hydrogen (secondary N) is 1. The molecule has 100 valence electrons. The van der Waals surface area contributed by atoms with Gasteiger partial charge in [-0.3, -0.25) is 9.89 Å². The summed E-state index contributed by atoms with van der Waals surface area (Å²) in [4.78, 5) is 18.2. The first-order valence-corrected chi connectivity index (χ1v) is 6.12. The Morgan fingerprint density at radius 3 is 2.50 bits per heavy atom. The molecule has 1 heterocycles. The van der Waals surface area contributed by atoms with E-state index in [2.05, 4.69) is 21.8 Å². The van der Waals surface area contributed by atoms with E-state index in [0.29, 0.717) is 12.4 Å². The molecule has 0 saturated heterocycles. The van der Waals surface area contributed by atoms with Crippen LogP contribution in [0.3, 0.4) is 0 Å². The quantitative estimate of drug-likeness (QED) is 0.833. The van der Waals surface area contributed by atoms with Gasteiger partial charge in [0.2, 0.25) is 5.82 Å². The average Bonchev–Trinajstić information content (AvgIpc) is 2.73. The second kappa shape index (κ2) is 5.33. The fraction of sp³-hybridized carbons (Fsp3) is 0.615. The van der Waals surface area contributed by atoms with E-state index >= 15 is 0 Å². The van der Waals surface area contributed by atoms with Crippen molar-refractivity contribution in [3.8, 4) is 0 Å². The average molecular weight is 250 g/mol. The fourth-order valence-corrected chi connectivity index (χ4v) is 1.49. The van der Waals surface area contributed by atoms with E-state index in [-0.39, 0.29) is 23.2 Å². The molecule has 5 heteroatoms. The molecule has 0 aliphatic carbocycles. The van der Waals surface area contributed by atoms with Crippen LogP contribution in [0.1, 0.15) is 51.1 Å². The Morgan fingerprint density at radius 1 is 1.50 bits per heavy atom. The molecule has 1 rings (SSSR count). The van der Waals surface area contributed by atoms with Crippen LogP contribution in [0, 0.1) is 0 Å². The number of carbonyl (C=O) groups excluding carboxylic acids is 1. The summed E-state index contributed by atoms with van der Waals surface area (Å²) >= 11 is 0. The van der Waals surface area contributed by atoms with Crippen LogP contribution in [-0.2, 0) is 5.41 Å². The van der Waals surface area contributed by atoms with Crippen LogP contribution >= 0.6 is 0 Å². The molecule has 0 bridgehead atoms. The van der Waals surface area contributed by atoms with Crippen LogP contribution in [0.4, 0.5) is 0 Å². The number of aromatic amines is 1. The lowest BCUT2D eigenvalue weighted by molar-refractivity contribution is 0.0716. The van der Waals surface area contributed by atoms with Crippen LogP contribution < -0.4 is 0 Å². The minimum absolute atomic E-state index is 0.0899. The lowest BCUT2D eigenvalue weighted by atomic mass is 9.96. The van der Waals surface area contributed by atoms with E-state index in [9.17, 15) is 4.79 Å². The van der Waals surface area contributed by atoms with Gasteiger partial charge in [-0.1, -0.05) is 26.8 Å². The molecule has 0 atom stereocenters. The fourth-order valence-electron chi connectivity index (χ4n) is 1.49. The molecule has 0 spiro atoms. The lowest BCUT2D eigenvalue weighted by Crippen LogP contribution is -2.37. The minimum Gasteiger partial charge on any atom is -0.330 e. The van der Waals surface area contributed by atoms with E-state index in [1.165, 1.54) is 0 Å². The van der Waals surface area contributed by atoms with Gasteiger partial charge < -0.3 is 4.90 Å². The Bertz CT molecular complexity index is 428. The first-order valence-electron chi connectivity index (χ1n) is 6.12. The number of hydrogen-bond donors (Lipinski definition) is 1. The van der Waals surface area contributed by atoms with Gasteiger partial charge in [-0.2, -0.15) is 0 Å². The van der Waals surface area contributed by atoms with Crippen molar-refractivity contribution < 1.29 is 4.79 Å². The topological polar surface area (TPSA) is 61.9 Å². The maximum atomic E-state index is 12.2. The summed E-state index contributed by atoms with van der Waals surface area (Å²) in [6.07, 6.45) is 1.70. The molecular weight excluding hydrogens is 228 g/mol. The lowest BCUT2D eigenvalue weighted by Gasteiger charge is -2.23. The summed E-state index contributed by atoms with van der Waals surface area (Å²) in [6, 6.07) is 0.0899. The highest BCUT2D eigenvalue weighted by Gasteiger charge is 2.25. The molecule has 0 fully saturated rings. The van der Waals surface area contributed by atoms with Crippen LogP contribution in [0.15, 0.2) is 12.7 Å². The van der Waals surface area contributed by atoms with E-state index in [1.54, 1.807) is 11.0 Å². The molecule has 1 aromatic heterocycles. The normalized spacial score (nSPS) is 11.7. The highest BCUT2D eigenvalue weighted by molar-refractivity contribution is 5.90. The number of H-pyrrole nitrogens is 1. The van der Waals surface area contributed by atoms with Gasteiger partial charge >= 0.3 is 0 Å². The molecule has 5 nitrogen and oxygen atoms in total. The smallest absolute Gasteiger partial charge is 0.294 e. The Hall–Kier alpha value is -1.65. The molecular formula is C13H22N4O. The number of aromatic nitrogens is 3. The van der Waals surface area contributed by atoms with E-state index < -0.39 is 0 Å². The van der Waals surface area contributed by atoms with Crippen molar-refractivity contribution in [3.63, 3.8) is 0 Å². The maximum absolute atomic E-state index is 12.2. The summed E-state index contributed by atoms with van der Waals surface area (Å²) in [5.74, 6) is 0.764. The largest absolute Gasteiger partial charge is 0.330 e. The van der Waals surface area contributed by atoms with Crippen LogP contribution in [0.5, 0.6) is 0 Å². The molecule has 1 aromatic rings. The van der Waals surface area contributed by atoms with Gasteiger partial charge in [-0.05, 0) is 13.8 Å². The molecule has 0 aliphatic heterocycles. The summed E-state index contributed by atoms with van der Waals surface area (Å²) < 4.78 is 0. The Balaban J connectivity index is 2.96. The van der Waals surface area contributed by atoms with Gasteiger partial charge in [-0.25, -0.2) is 4.98 Å². The molecule has 0 radical (unpaired) electrons. The summed E-state index contributed by atoms with van der Waals surface area (Å²) in [5, 5.41) is 6.83. The number of hydrogen-bond acceptors (Lipinski definition) is 3. The first-order chi connectivity index (χ1) is 8.27. The third-order valence-corrected chi connectivity index (χ3v) is 2.60. The van der Waals surface area contributed by atoms with Gasteiger partial charge in [0.15, 0.2) is 0 Å². The third kappa shape index (κ3) is 3.18. The van der Waals surface area contributed by atoms with E-state index in [1.807, 2.05) is 34.6 Å². The van der Waals surface area contributed by atoms with Crippen molar-refractivity contribution in [2.75, 3.05) is 6.54 Å². The summed E-state index contributed by atoms with van der Waals surface area (Å²) in [7, 11) is 0. The minimum atomic E-state index is -0.170. The van der Waals surface area contributed by atoms with Crippen molar-refractivity contribution in [1.82, 2.24) is 20.1 Å². The predicted molar refractivity (Wildman–Crippen MR) is 71.5 cm³/mol. The number of carbonyl (C=O) groups is 1. The molecule has 0 aliphatic rings. The van der Waals surface area contributed by atoms with E-state index in [0.717, 1.165) is 0 Å². The monoisotopic (exact) mass is 250 g/mol. The number of amides is 1. The molecule has 0 unspecified atom stereocenters. The van der Waals surface area contributed by atoms with Crippen molar-refractivity contribution in [1.29, 1.82) is 0 Å². The van der Waals surface area contributed by atoms with Crippen LogP contribution in [0.2, 0.25) is 0 Å². The van der Waals surface area contributed by atoms with Crippen molar-refractivity contribution in [3.05, 3.63) is 24.3 Å². The molecule has 0 saturated carbocycles. The second-order valence-electron chi connectivity index (χ2n) is 5.60. The van der Waals surface area contributed by atoms with Gasteiger partial charge in [0, 0.05) is 18.0 Å².